The molecule has 0 fully saturated rings. The molecule has 1 amide bonds. The molecule has 0 saturated carbocycles. The Balaban J connectivity index is 2.38. The highest BCUT2D eigenvalue weighted by Gasteiger charge is 2.03. The van der Waals surface area contributed by atoms with Gasteiger partial charge in [0.15, 0.2) is 0 Å². The number of hydrogen-bond acceptors (Lipinski definition) is 5. The molecule has 6 heteroatoms. The Labute approximate surface area is 110 Å². The molecule has 5 N–H and O–H groups in total. The van der Waals surface area contributed by atoms with Crippen molar-refractivity contribution in [2.24, 2.45) is 5.84 Å². The molecule has 0 aliphatic heterocycles. The standard InChI is InChI=1S/C12H18N2O3S/c13-14-12(17)5-9-1-3-10(4-2-9)7-18-8-11(16)6-15/h1-4,11,15-16H,5-8,13H2,(H,14,17). The second kappa shape index (κ2) is 8.10. The average molecular weight is 270 g/mol. The van der Waals surface area contributed by atoms with Crippen LogP contribution in [0.3, 0.4) is 0 Å². The first kappa shape index (κ1) is 15.0. The van der Waals surface area contributed by atoms with E-state index in [1.807, 2.05) is 24.3 Å². The predicted octanol–water partition coefficient (Wildman–Crippen LogP) is -0.195. The molecular formula is C12H18N2O3S. The maximum Gasteiger partial charge on any atom is 0.238 e. The lowest BCUT2D eigenvalue weighted by atomic mass is 10.1. The molecule has 0 aliphatic rings. The van der Waals surface area contributed by atoms with Gasteiger partial charge in [0.2, 0.25) is 5.91 Å². The van der Waals surface area contributed by atoms with E-state index >= 15 is 0 Å². The first-order valence-electron chi connectivity index (χ1n) is 5.59. The average Bonchev–Trinajstić information content (AvgIpc) is 2.40. The molecule has 1 rings (SSSR count). The molecule has 0 bridgehead atoms. The fourth-order valence-corrected chi connectivity index (χ4v) is 2.28. The molecule has 1 atom stereocenters. The summed E-state index contributed by atoms with van der Waals surface area (Å²) in [6, 6.07) is 7.65. The smallest absolute Gasteiger partial charge is 0.238 e. The molecule has 0 spiro atoms. The van der Waals surface area contributed by atoms with Gasteiger partial charge < -0.3 is 10.2 Å². The van der Waals surface area contributed by atoms with Gasteiger partial charge >= 0.3 is 0 Å². The van der Waals surface area contributed by atoms with Crippen LogP contribution >= 0.6 is 11.8 Å². The number of benzene rings is 1. The van der Waals surface area contributed by atoms with Gasteiger partial charge in [-0.25, -0.2) is 5.84 Å². The Bertz CT molecular complexity index is 370. The van der Waals surface area contributed by atoms with E-state index in [9.17, 15) is 9.90 Å². The summed E-state index contributed by atoms with van der Waals surface area (Å²) in [5.41, 5.74) is 4.10. The first-order valence-corrected chi connectivity index (χ1v) is 6.75. The number of aliphatic hydroxyl groups is 2. The van der Waals surface area contributed by atoms with Crippen molar-refractivity contribution < 1.29 is 15.0 Å². The van der Waals surface area contributed by atoms with Gasteiger partial charge in [0.25, 0.3) is 0 Å². The van der Waals surface area contributed by atoms with Crippen molar-refractivity contribution in [3.05, 3.63) is 35.4 Å². The van der Waals surface area contributed by atoms with Crippen LogP contribution in [0.1, 0.15) is 11.1 Å². The fraction of sp³-hybridized carbons (Fsp3) is 0.417. The van der Waals surface area contributed by atoms with Crippen LogP contribution in [0.4, 0.5) is 0 Å². The molecule has 1 unspecified atom stereocenters. The van der Waals surface area contributed by atoms with E-state index in [0.717, 1.165) is 16.9 Å². The number of carbonyl (C=O) groups excluding carboxylic acids is 1. The van der Waals surface area contributed by atoms with Crippen molar-refractivity contribution in [2.45, 2.75) is 18.3 Å². The molecule has 1 aromatic carbocycles. The van der Waals surface area contributed by atoms with Crippen molar-refractivity contribution in [1.29, 1.82) is 0 Å². The van der Waals surface area contributed by atoms with E-state index < -0.39 is 6.10 Å². The van der Waals surface area contributed by atoms with E-state index in [1.165, 1.54) is 0 Å². The molecule has 5 nitrogen and oxygen atoms in total. The van der Waals surface area contributed by atoms with Crippen LogP contribution in [0, 0.1) is 0 Å². The van der Waals surface area contributed by atoms with E-state index in [2.05, 4.69) is 5.43 Å². The molecule has 0 heterocycles. The zero-order valence-corrected chi connectivity index (χ0v) is 10.8. The van der Waals surface area contributed by atoms with Crippen LogP contribution < -0.4 is 11.3 Å². The summed E-state index contributed by atoms with van der Waals surface area (Å²) in [6.45, 7) is -0.208. The van der Waals surface area contributed by atoms with Gasteiger partial charge in [-0.05, 0) is 11.1 Å². The number of aliphatic hydroxyl groups excluding tert-OH is 2. The van der Waals surface area contributed by atoms with Crippen molar-refractivity contribution in [3.63, 3.8) is 0 Å². The summed E-state index contributed by atoms with van der Waals surface area (Å²) in [5, 5.41) is 17.8. The Kier molecular flexibility index (Phi) is 6.74. The molecule has 1 aromatic rings. The Morgan fingerprint density at radius 3 is 2.50 bits per heavy atom. The van der Waals surface area contributed by atoms with Gasteiger partial charge in [-0.2, -0.15) is 11.8 Å². The lowest BCUT2D eigenvalue weighted by molar-refractivity contribution is -0.120. The number of hydrogen-bond donors (Lipinski definition) is 4. The van der Waals surface area contributed by atoms with Gasteiger partial charge in [-0.3, -0.25) is 10.2 Å². The molecule has 0 aromatic heterocycles. The van der Waals surface area contributed by atoms with Crippen LogP contribution in [0.15, 0.2) is 24.3 Å². The number of amides is 1. The van der Waals surface area contributed by atoms with Crippen LogP contribution in [0.2, 0.25) is 0 Å². The van der Waals surface area contributed by atoms with Gasteiger partial charge in [0, 0.05) is 11.5 Å². The van der Waals surface area contributed by atoms with Crippen molar-refractivity contribution in [2.75, 3.05) is 12.4 Å². The largest absolute Gasteiger partial charge is 0.394 e. The lowest BCUT2D eigenvalue weighted by Crippen LogP contribution is -2.31. The van der Waals surface area contributed by atoms with Gasteiger partial charge in [0.1, 0.15) is 0 Å². The Morgan fingerprint density at radius 1 is 1.33 bits per heavy atom. The summed E-state index contributed by atoms with van der Waals surface area (Å²) >= 11 is 1.55. The van der Waals surface area contributed by atoms with E-state index in [0.29, 0.717) is 5.75 Å². The molecule has 0 aliphatic carbocycles. The Morgan fingerprint density at radius 2 is 1.94 bits per heavy atom. The number of nitrogens with two attached hydrogens (primary N) is 1. The minimum absolute atomic E-state index is 0.208. The summed E-state index contributed by atoms with van der Waals surface area (Å²) in [5.74, 6) is 6.06. The summed E-state index contributed by atoms with van der Waals surface area (Å²) in [6.07, 6.45) is -0.393. The van der Waals surface area contributed by atoms with Crippen LogP contribution in [0.5, 0.6) is 0 Å². The number of nitrogens with one attached hydrogen (secondary N) is 1. The van der Waals surface area contributed by atoms with E-state index in [4.69, 9.17) is 10.9 Å². The summed E-state index contributed by atoms with van der Waals surface area (Å²) < 4.78 is 0. The SMILES string of the molecule is NNC(=O)Cc1ccc(CSCC(O)CO)cc1. The molecular weight excluding hydrogens is 252 g/mol. The quantitative estimate of drug-likeness (QED) is 0.313. The molecule has 100 valence electrons. The summed E-state index contributed by atoms with van der Waals surface area (Å²) in [4.78, 5) is 11.1. The highest BCUT2D eigenvalue weighted by Crippen LogP contribution is 2.14. The highest BCUT2D eigenvalue weighted by molar-refractivity contribution is 7.98. The zero-order chi connectivity index (χ0) is 13.4. The summed E-state index contributed by atoms with van der Waals surface area (Å²) in [7, 11) is 0. The third kappa shape index (κ3) is 5.50. The minimum Gasteiger partial charge on any atom is -0.394 e. The third-order valence-electron chi connectivity index (χ3n) is 2.34. The number of carbonyl (C=O) groups is 1. The Hall–Kier alpha value is -1.08. The van der Waals surface area contributed by atoms with Gasteiger partial charge in [-0.15, -0.1) is 0 Å². The highest BCUT2D eigenvalue weighted by atomic mass is 32.2. The van der Waals surface area contributed by atoms with Crippen LogP contribution in [-0.2, 0) is 17.0 Å². The minimum atomic E-state index is -0.664. The topological polar surface area (TPSA) is 95.6 Å². The van der Waals surface area contributed by atoms with Crippen molar-refractivity contribution >= 4 is 17.7 Å². The second-order valence-electron chi connectivity index (χ2n) is 3.91. The maximum atomic E-state index is 11.1. The third-order valence-corrected chi connectivity index (χ3v) is 3.50. The van der Waals surface area contributed by atoms with Crippen LogP contribution in [0.25, 0.3) is 0 Å². The van der Waals surface area contributed by atoms with Gasteiger partial charge in [-0.1, -0.05) is 24.3 Å². The fourth-order valence-electron chi connectivity index (χ4n) is 1.36. The molecule has 0 saturated heterocycles. The van der Waals surface area contributed by atoms with E-state index in [-0.39, 0.29) is 18.9 Å². The molecule has 0 radical (unpaired) electrons. The normalized spacial score (nSPS) is 12.2. The molecule has 18 heavy (non-hydrogen) atoms. The lowest BCUT2D eigenvalue weighted by Gasteiger charge is -2.07. The predicted molar refractivity (Wildman–Crippen MR) is 71.7 cm³/mol. The van der Waals surface area contributed by atoms with Crippen molar-refractivity contribution in [3.8, 4) is 0 Å². The maximum absolute atomic E-state index is 11.1. The van der Waals surface area contributed by atoms with Gasteiger partial charge in [0.05, 0.1) is 19.1 Å². The van der Waals surface area contributed by atoms with Crippen molar-refractivity contribution in [1.82, 2.24) is 5.43 Å². The number of thioether (sulfide) groups is 1. The first-order chi connectivity index (χ1) is 8.65. The monoisotopic (exact) mass is 270 g/mol. The van der Waals surface area contributed by atoms with Crippen LogP contribution in [-0.4, -0.2) is 34.6 Å². The zero-order valence-electron chi connectivity index (χ0n) is 10.0. The van der Waals surface area contributed by atoms with E-state index in [1.54, 1.807) is 11.8 Å². The number of rotatable bonds is 7. The second-order valence-corrected chi connectivity index (χ2v) is 4.94. The number of hydrazine groups is 1.